The molecule has 1 amide bonds. The maximum Gasteiger partial charge on any atom is 0.255 e. The Morgan fingerprint density at radius 1 is 1.13 bits per heavy atom. The first-order chi connectivity index (χ1) is 14.5. The molecule has 1 atom stereocenters. The normalized spacial score (nSPS) is 16.3. The summed E-state index contributed by atoms with van der Waals surface area (Å²) in [6.45, 7) is 3.26. The molecule has 0 saturated carbocycles. The van der Waals surface area contributed by atoms with Crippen molar-refractivity contribution in [2.45, 2.75) is 6.17 Å². The Morgan fingerprint density at radius 2 is 1.87 bits per heavy atom. The van der Waals surface area contributed by atoms with Crippen LogP contribution in [0.4, 0.5) is 5.95 Å². The molecular formula is C22H26N6O2. The Morgan fingerprint density at radius 3 is 2.53 bits per heavy atom. The zero-order valence-electron chi connectivity index (χ0n) is 17.2. The van der Waals surface area contributed by atoms with Gasteiger partial charge in [-0.1, -0.05) is 30.3 Å². The number of amides is 1. The third-order valence-electron chi connectivity index (χ3n) is 5.45. The molecule has 8 nitrogen and oxygen atoms in total. The van der Waals surface area contributed by atoms with Crippen molar-refractivity contribution in [3.63, 3.8) is 0 Å². The number of hydrogen-bond acceptors (Lipinski definition) is 7. The summed E-state index contributed by atoms with van der Waals surface area (Å²) in [4.78, 5) is 25.5. The Hall–Kier alpha value is -3.23. The molecule has 8 heteroatoms. The second kappa shape index (κ2) is 8.64. The van der Waals surface area contributed by atoms with E-state index in [9.17, 15) is 4.79 Å². The minimum atomic E-state index is -0.649. The van der Waals surface area contributed by atoms with Crippen LogP contribution in [0, 0.1) is 0 Å². The zero-order valence-corrected chi connectivity index (χ0v) is 17.2. The summed E-state index contributed by atoms with van der Waals surface area (Å²) in [5.41, 5.74) is 8.50. The third-order valence-corrected chi connectivity index (χ3v) is 5.45. The van der Waals surface area contributed by atoms with Gasteiger partial charge in [-0.3, -0.25) is 9.69 Å². The van der Waals surface area contributed by atoms with E-state index in [0.29, 0.717) is 5.95 Å². The van der Waals surface area contributed by atoms with Crippen LogP contribution in [0.2, 0.25) is 0 Å². The number of primary amides is 1. The summed E-state index contributed by atoms with van der Waals surface area (Å²) in [6, 6.07) is 13.8. The highest BCUT2D eigenvalue weighted by atomic mass is 16.5. The number of nitrogens with two attached hydrogens (primary N) is 1. The molecule has 3 aromatic rings. The second-order valence-electron chi connectivity index (χ2n) is 7.45. The number of piperazine rings is 1. The summed E-state index contributed by atoms with van der Waals surface area (Å²) >= 11 is 0. The number of carbonyl (C=O) groups excluding carboxylic acids is 1. The first-order valence-corrected chi connectivity index (χ1v) is 9.94. The van der Waals surface area contributed by atoms with Crippen molar-refractivity contribution in [1.29, 1.82) is 0 Å². The molecule has 0 spiro atoms. The smallest absolute Gasteiger partial charge is 0.255 e. The number of para-hydroxylation sites is 1. The highest BCUT2D eigenvalue weighted by molar-refractivity contribution is 5.94. The molecule has 1 aliphatic heterocycles. The quantitative estimate of drug-likeness (QED) is 0.644. The van der Waals surface area contributed by atoms with E-state index in [1.807, 2.05) is 47.4 Å². The van der Waals surface area contributed by atoms with Gasteiger partial charge in [-0.2, -0.15) is 0 Å². The van der Waals surface area contributed by atoms with E-state index in [2.05, 4.69) is 22.2 Å². The SMILES string of the molecule is COc1ccc(-c2cccc3cnc(NC(C(N)=O)N4CCN(C)CC4)nc23)cc1. The molecule has 0 aliphatic carbocycles. The van der Waals surface area contributed by atoms with Crippen molar-refractivity contribution < 1.29 is 9.53 Å². The van der Waals surface area contributed by atoms with Crippen molar-refractivity contribution in [2.75, 3.05) is 45.7 Å². The Balaban J connectivity index is 1.65. The van der Waals surface area contributed by atoms with Crippen LogP contribution in [-0.2, 0) is 4.79 Å². The lowest BCUT2D eigenvalue weighted by Gasteiger charge is -2.36. The molecule has 1 saturated heterocycles. The molecular weight excluding hydrogens is 380 g/mol. The molecule has 1 fully saturated rings. The molecule has 30 heavy (non-hydrogen) atoms. The summed E-state index contributed by atoms with van der Waals surface area (Å²) in [5, 5.41) is 4.06. The van der Waals surface area contributed by atoms with Gasteiger partial charge in [-0.15, -0.1) is 0 Å². The number of fused-ring (bicyclic) bond motifs is 1. The van der Waals surface area contributed by atoms with Crippen molar-refractivity contribution in [3.05, 3.63) is 48.7 Å². The lowest BCUT2D eigenvalue weighted by Crippen LogP contribution is -2.56. The van der Waals surface area contributed by atoms with Gasteiger partial charge in [0, 0.05) is 43.3 Å². The van der Waals surface area contributed by atoms with E-state index >= 15 is 0 Å². The standard InChI is InChI=1S/C22H26N6O2/c1-27-10-12-28(13-11-27)21(20(23)29)26-22-24-14-16-4-3-5-18(19(16)25-22)15-6-8-17(30-2)9-7-15/h3-9,14,21H,10-13H2,1-2H3,(H2,23,29)(H,24,25,26). The molecule has 1 aliphatic rings. The van der Waals surface area contributed by atoms with Crippen LogP contribution in [0.5, 0.6) is 5.75 Å². The van der Waals surface area contributed by atoms with Crippen LogP contribution < -0.4 is 15.8 Å². The molecule has 0 radical (unpaired) electrons. The Labute approximate surface area is 175 Å². The fourth-order valence-electron chi connectivity index (χ4n) is 3.67. The van der Waals surface area contributed by atoms with Gasteiger partial charge in [0.2, 0.25) is 5.95 Å². The lowest BCUT2D eigenvalue weighted by atomic mass is 10.0. The predicted octanol–water partition coefficient (Wildman–Crippen LogP) is 1.78. The van der Waals surface area contributed by atoms with Gasteiger partial charge in [-0.05, 0) is 24.7 Å². The Bertz CT molecular complexity index is 1030. The molecule has 1 unspecified atom stereocenters. The number of methoxy groups -OCH3 is 1. The van der Waals surface area contributed by atoms with Crippen LogP contribution >= 0.6 is 0 Å². The van der Waals surface area contributed by atoms with Gasteiger partial charge < -0.3 is 20.7 Å². The molecule has 0 bridgehead atoms. The van der Waals surface area contributed by atoms with Crippen molar-refractivity contribution >= 4 is 22.8 Å². The summed E-state index contributed by atoms with van der Waals surface area (Å²) in [5.74, 6) is 0.741. The average Bonchev–Trinajstić information content (AvgIpc) is 2.77. The van der Waals surface area contributed by atoms with Crippen molar-refractivity contribution in [1.82, 2.24) is 19.8 Å². The van der Waals surface area contributed by atoms with Gasteiger partial charge in [0.15, 0.2) is 6.17 Å². The fraction of sp³-hybridized carbons (Fsp3) is 0.318. The number of carbonyl (C=O) groups is 1. The lowest BCUT2D eigenvalue weighted by molar-refractivity contribution is -0.122. The summed E-state index contributed by atoms with van der Waals surface area (Å²) < 4.78 is 5.26. The van der Waals surface area contributed by atoms with Gasteiger partial charge >= 0.3 is 0 Å². The van der Waals surface area contributed by atoms with E-state index in [1.54, 1.807) is 13.3 Å². The number of nitrogens with zero attached hydrogens (tertiary/aromatic N) is 4. The highest BCUT2D eigenvalue weighted by Gasteiger charge is 2.27. The van der Waals surface area contributed by atoms with Gasteiger partial charge in [0.25, 0.3) is 5.91 Å². The highest BCUT2D eigenvalue weighted by Crippen LogP contribution is 2.29. The van der Waals surface area contributed by atoms with Gasteiger partial charge in [-0.25, -0.2) is 9.97 Å². The summed E-state index contributed by atoms with van der Waals surface area (Å²) in [7, 11) is 3.71. The number of rotatable bonds is 6. The largest absolute Gasteiger partial charge is 0.497 e. The molecule has 4 rings (SSSR count). The van der Waals surface area contributed by atoms with Crippen LogP contribution in [0.1, 0.15) is 0 Å². The molecule has 1 aromatic heterocycles. The van der Waals surface area contributed by atoms with E-state index in [0.717, 1.165) is 54.0 Å². The average molecular weight is 406 g/mol. The van der Waals surface area contributed by atoms with E-state index in [4.69, 9.17) is 15.5 Å². The number of ether oxygens (including phenoxy) is 1. The van der Waals surface area contributed by atoms with Crippen LogP contribution in [-0.4, -0.2) is 72.2 Å². The maximum atomic E-state index is 12.1. The summed E-state index contributed by atoms with van der Waals surface area (Å²) in [6.07, 6.45) is 1.11. The zero-order chi connectivity index (χ0) is 21.1. The molecule has 2 heterocycles. The number of anilines is 1. The first-order valence-electron chi connectivity index (χ1n) is 9.94. The minimum absolute atomic E-state index is 0.381. The van der Waals surface area contributed by atoms with Crippen LogP contribution in [0.25, 0.3) is 22.0 Å². The monoisotopic (exact) mass is 406 g/mol. The maximum absolute atomic E-state index is 12.1. The first kappa shape index (κ1) is 20.1. The third kappa shape index (κ3) is 4.19. The van der Waals surface area contributed by atoms with E-state index in [-0.39, 0.29) is 0 Å². The number of likely N-dealkylation sites (N-methyl/N-ethyl adjacent to an activating group) is 1. The number of hydrogen-bond donors (Lipinski definition) is 2. The fourth-order valence-corrected chi connectivity index (χ4v) is 3.67. The van der Waals surface area contributed by atoms with E-state index in [1.165, 1.54) is 0 Å². The van der Waals surface area contributed by atoms with E-state index < -0.39 is 12.1 Å². The Kier molecular flexibility index (Phi) is 5.78. The number of nitrogens with one attached hydrogen (secondary N) is 1. The number of benzene rings is 2. The number of aromatic nitrogens is 2. The van der Waals surface area contributed by atoms with Crippen molar-refractivity contribution in [3.8, 4) is 16.9 Å². The topological polar surface area (TPSA) is 96.6 Å². The molecule has 3 N–H and O–H groups in total. The minimum Gasteiger partial charge on any atom is -0.497 e. The van der Waals surface area contributed by atoms with Gasteiger partial charge in [0.05, 0.1) is 12.6 Å². The molecule has 2 aromatic carbocycles. The van der Waals surface area contributed by atoms with Gasteiger partial charge in [0.1, 0.15) is 5.75 Å². The second-order valence-corrected chi connectivity index (χ2v) is 7.45. The molecule has 156 valence electrons. The van der Waals surface area contributed by atoms with Crippen LogP contribution in [0.15, 0.2) is 48.7 Å². The van der Waals surface area contributed by atoms with Crippen LogP contribution in [0.3, 0.4) is 0 Å². The predicted molar refractivity (Wildman–Crippen MR) is 117 cm³/mol. The van der Waals surface area contributed by atoms with Crippen molar-refractivity contribution in [2.24, 2.45) is 5.73 Å².